The summed E-state index contributed by atoms with van der Waals surface area (Å²) >= 11 is 0. The first-order chi connectivity index (χ1) is 7.69. The van der Waals surface area contributed by atoms with Crippen LogP contribution >= 0.6 is 0 Å². The Morgan fingerprint density at radius 1 is 1.12 bits per heavy atom. The van der Waals surface area contributed by atoms with Crippen LogP contribution in [0.1, 0.15) is 17.3 Å². The SMILES string of the molecule is COCN(COC)c1ccc(C(C)=O)cc1. The number of ketones is 1. The third kappa shape index (κ3) is 3.32. The second kappa shape index (κ2) is 6.25. The summed E-state index contributed by atoms with van der Waals surface area (Å²) in [6.07, 6.45) is 0. The Labute approximate surface area is 95.8 Å². The summed E-state index contributed by atoms with van der Waals surface area (Å²) in [7, 11) is 3.26. The van der Waals surface area contributed by atoms with Gasteiger partial charge in [0, 0.05) is 25.5 Å². The van der Waals surface area contributed by atoms with Gasteiger partial charge in [0.25, 0.3) is 0 Å². The van der Waals surface area contributed by atoms with E-state index in [9.17, 15) is 4.79 Å². The summed E-state index contributed by atoms with van der Waals surface area (Å²) < 4.78 is 10.1. The maximum absolute atomic E-state index is 11.1. The van der Waals surface area contributed by atoms with Crippen molar-refractivity contribution in [3.63, 3.8) is 0 Å². The van der Waals surface area contributed by atoms with Crippen molar-refractivity contribution in [3.05, 3.63) is 29.8 Å². The van der Waals surface area contributed by atoms with Crippen LogP contribution in [-0.4, -0.2) is 33.5 Å². The van der Waals surface area contributed by atoms with Gasteiger partial charge in [-0.2, -0.15) is 0 Å². The van der Waals surface area contributed by atoms with Crippen LogP contribution in [0.3, 0.4) is 0 Å². The Kier molecular flexibility index (Phi) is 4.95. The van der Waals surface area contributed by atoms with E-state index in [2.05, 4.69) is 0 Å². The van der Waals surface area contributed by atoms with Crippen LogP contribution in [0, 0.1) is 0 Å². The van der Waals surface area contributed by atoms with Gasteiger partial charge in [0.05, 0.1) is 0 Å². The fourth-order valence-corrected chi connectivity index (χ4v) is 1.40. The summed E-state index contributed by atoms with van der Waals surface area (Å²) in [5.41, 5.74) is 1.67. The molecule has 4 heteroatoms. The fourth-order valence-electron chi connectivity index (χ4n) is 1.40. The Morgan fingerprint density at radius 2 is 1.62 bits per heavy atom. The number of hydrogen-bond donors (Lipinski definition) is 0. The lowest BCUT2D eigenvalue weighted by Gasteiger charge is -2.22. The first-order valence-electron chi connectivity index (χ1n) is 5.03. The monoisotopic (exact) mass is 223 g/mol. The number of hydrogen-bond acceptors (Lipinski definition) is 4. The second-order valence-electron chi connectivity index (χ2n) is 3.48. The summed E-state index contributed by atoms with van der Waals surface area (Å²) in [4.78, 5) is 13.0. The molecule has 0 atom stereocenters. The van der Waals surface area contributed by atoms with Crippen molar-refractivity contribution in [2.24, 2.45) is 0 Å². The molecule has 1 rings (SSSR count). The first-order valence-corrected chi connectivity index (χ1v) is 5.03. The van der Waals surface area contributed by atoms with E-state index in [1.54, 1.807) is 33.3 Å². The average molecular weight is 223 g/mol. The molecule has 0 aliphatic rings. The smallest absolute Gasteiger partial charge is 0.159 e. The molecule has 1 aromatic carbocycles. The summed E-state index contributed by atoms with van der Waals surface area (Å²) in [6, 6.07) is 7.37. The number of ether oxygens (including phenoxy) is 2. The van der Waals surface area contributed by atoms with Crippen LogP contribution in [0.25, 0.3) is 0 Å². The highest BCUT2D eigenvalue weighted by Crippen LogP contribution is 2.15. The van der Waals surface area contributed by atoms with Crippen LogP contribution < -0.4 is 4.90 Å². The van der Waals surface area contributed by atoms with Crippen LogP contribution in [0.5, 0.6) is 0 Å². The molecule has 16 heavy (non-hydrogen) atoms. The van der Waals surface area contributed by atoms with Gasteiger partial charge in [-0.15, -0.1) is 0 Å². The number of benzene rings is 1. The second-order valence-corrected chi connectivity index (χ2v) is 3.48. The minimum absolute atomic E-state index is 0.0663. The zero-order chi connectivity index (χ0) is 12.0. The molecule has 0 fully saturated rings. The highest BCUT2D eigenvalue weighted by atomic mass is 16.5. The third-order valence-corrected chi connectivity index (χ3v) is 2.21. The van der Waals surface area contributed by atoms with Crippen LogP contribution in [0.2, 0.25) is 0 Å². The molecule has 0 saturated heterocycles. The molecular weight excluding hydrogens is 206 g/mol. The molecule has 1 aromatic rings. The minimum Gasteiger partial charge on any atom is -0.364 e. The van der Waals surface area contributed by atoms with E-state index in [0.29, 0.717) is 19.0 Å². The molecule has 4 nitrogen and oxygen atoms in total. The summed E-state index contributed by atoms with van der Waals surface area (Å²) in [5.74, 6) is 0.0663. The van der Waals surface area contributed by atoms with Crippen LogP contribution in [0.15, 0.2) is 24.3 Å². The first kappa shape index (κ1) is 12.7. The molecule has 0 heterocycles. The van der Waals surface area contributed by atoms with Crippen molar-refractivity contribution < 1.29 is 14.3 Å². The van der Waals surface area contributed by atoms with Crippen molar-refractivity contribution in [2.75, 3.05) is 32.6 Å². The molecule has 0 aliphatic carbocycles. The van der Waals surface area contributed by atoms with E-state index in [1.807, 2.05) is 17.0 Å². The van der Waals surface area contributed by atoms with Gasteiger partial charge < -0.3 is 14.4 Å². The molecule has 0 aromatic heterocycles. The molecule has 0 amide bonds. The van der Waals surface area contributed by atoms with Gasteiger partial charge >= 0.3 is 0 Å². The van der Waals surface area contributed by atoms with E-state index in [1.165, 1.54) is 0 Å². The van der Waals surface area contributed by atoms with Gasteiger partial charge in [0.15, 0.2) is 5.78 Å². The highest BCUT2D eigenvalue weighted by Gasteiger charge is 2.06. The molecule has 0 spiro atoms. The maximum Gasteiger partial charge on any atom is 0.159 e. The molecule has 0 aliphatic heterocycles. The number of carbonyl (C=O) groups is 1. The lowest BCUT2D eigenvalue weighted by atomic mass is 10.1. The molecule has 0 unspecified atom stereocenters. The zero-order valence-electron chi connectivity index (χ0n) is 9.90. The van der Waals surface area contributed by atoms with Crippen molar-refractivity contribution in [1.82, 2.24) is 0 Å². The highest BCUT2D eigenvalue weighted by molar-refractivity contribution is 5.94. The Balaban J connectivity index is 2.80. The number of nitrogens with zero attached hydrogens (tertiary/aromatic N) is 1. The molecule has 0 bridgehead atoms. The lowest BCUT2D eigenvalue weighted by molar-refractivity contribution is 0.101. The molecule has 0 radical (unpaired) electrons. The van der Waals surface area contributed by atoms with Crippen molar-refractivity contribution in [2.45, 2.75) is 6.92 Å². The van der Waals surface area contributed by atoms with Crippen LogP contribution in [0.4, 0.5) is 5.69 Å². The van der Waals surface area contributed by atoms with E-state index in [-0.39, 0.29) is 5.78 Å². The maximum atomic E-state index is 11.1. The standard InChI is InChI=1S/C12H17NO3/c1-10(14)11-4-6-12(7-5-11)13(8-15-2)9-16-3/h4-7H,8-9H2,1-3H3. The lowest BCUT2D eigenvalue weighted by Crippen LogP contribution is -2.27. The Bertz CT molecular complexity index is 329. The van der Waals surface area contributed by atoms with Gasteiger partial charge in [-0.25, -0.2) is 0 Å². The topological polar surface area (TPSA) is 38.8 Å². The van der Waals surface area contributed by atoms with Crippen molar-refractivity contribution >= 4 is 11.5 Å². The number of methoxy groups -OCH3 is 2. The van der Waals surface area contributed by atoms with Gasteiger partial charge in [0.2, 0.25) is 0 Å². The Hall–Kier alpha value is -1.39. The predicted molar refractivity (Wildman–Crippen MR) is 62.7 cm³/mol. The largest absolute Gasteiger partial charge is 0.364 e. The van der Waals surface area contributed by atoms with Gasteiger partial charge in [-0.3, -0.25) is 4.79 Å². The van der Waals surface area contributed by atoms with E-state index < -0.39 is 0 Å². The summed E-state index contributed by atoms with van der Waals surface area (Å²) in [5, 5.41) is 0. The average Bonchev–Trinajstić information content (AvgIpc) is 2.29. The van der Waals surface area contributed by atoms with E-state index in [0.717, 1.165) is 5.69 Å². The number of rotatable bonds is 6. The van der Waals surface area contributed by atoms with Crippen molar-refractivity contribution in [3.8, 4) is 0 Å². The zero-order valence-corrected chi connectivity index (χ0v) is 9.90. The Morgan fingerprint density at radius 3 is 2.00 bits per heavy atom. The molecular formula is C12H17NO3. The van der Waals surface area contributed by atoms with Gasteiger partial charge in [0.1, 0.15) is 13.5 Å². The van der Waals surface area contributed by atoms with Crippen molar-refractivity contribution in [1.29, 1.82) is 0 Å². The third-order valence-electron chi connectivity index (χ3n) is 2.21. The number of anilines is 1. The van der Waals surface area contributed by atoms with Gasteiger partial charge in [-0.05, 0) is 31.2 Å². The quantitative estimate of drug-likeness (QED) is 0.545. The molecule has 88 valence electrons. The summed E-state index contributed by atoms with van der Waals surface area (Å²) in [6.45, 7) is 2.46. The number of Topliss-reactive ketones (excluding diaryl/α,β-unsaturated/α-hetero) is 1. The number of carbonyl (C=O) groups excluding carboxylic acids is 1. The van der Waals surface area contributed by atoms with E-state index in [4.69, 9.17) is 9.47 Å². The van der Waals surface area contributed by atoms with Crippen LogP contribution in [-0.2, 0) is 9.47 Å². The molecule has 0 N–H and O–H groups in total. The fraction of sp³-hybridized carbons (Fsp3) is 0.417. The van der Waals surface area contributed by atoms with Gasteiger partial charge in [-0.1, -0.05) is 0 Å². The van der Waals surface area contributed by atoms with E-state index >= 15 is 0 Å². The molecule has 0 saturated carbocycles. The predicted octanol–water partition coefficient (Wildman–Crippen LogP) is 1.90. The minimum atomic E-state index is 0.0663. The normalized spacial score (nSPS) is 10.2.